The van der Waals surface area contributed by atoms with E-state index in [0.717, 1.165) is 57.9 Å². The van der Waals surface area contributed by atoms with Gasteiger partial charge in [0.2, 0.25) is 0 Å². The number of likely N-dealkylation sites (N-methyl/N-ethyl adjacent to an activating group) is 1. The predicted octanol–water partition coefficient (Wildman–Crippen LogP) is 2.18. The Morgan fingerprint density at radius 3 is 3.17 bits per heavy atom. The van der Waals surface area contributed by atoms with E-state index in [4.69, 9.17) is 9.47 Å². The van der Waals surface area contributed by atoms with Crippen LogP contribution in [0.5, 0.6) is 5.75 Å². The molecule has 100 valence electrons. The van der Waals surface area contributed by atoms with Crippen molar-refractivity contribution in [2.24, 2.45) is 0 Å². The topological polar surface area (TPSA) is 30.5 Å². The Kier molecular flexibility index (Phi) is 5.49. The fourth-order valence-electron chi connectivity index (χ4n) is 2.18. The SMILES string of the molecule is CCNCCOCCc1ccc2c(c1)CCCO2. The normalized spacial score (nSPS) is 14.1. The van der Waals surface area contributed by atoms with E-state index in [1.165, 1.54) is 11.1 Å². The fourth-order valence-corrected chi connectivity index (χ4v) is 2.18. The molecular formula is C15H23NO2. The van der Waals surface area contributed by atoms with Crippen LogP contribution in [0.4, 0.5) is 0 Å². The molecule has 0 fully saturated rings. The van der Waals surface area contributed by atoms with E-state index < -0.39 is 0 Å². The van der Waals surface area contributed by atoms with E-state index in [-0.39, 0.29) is 0 Å². The third kappa shape index (κ3) is 4.00. The van der Waals surface area contributed by atoms with Crippen molar-refractivity contribution in [1.29, 1.82) is 0 Å². The third-order valence-corrected chi connectivity index (χ3v) is 3.18. The van der Waals surface area contributed by atoms with E-state index in [0.29, 0.717) is 0 Å². The Hall–Kier alpha value is -1.06. The van der Waals surface area contributed by atoms with Crippen LogP contribution in [0.15, 0.2) is 18.2 Å². The van der Waals surface area contributed by atoms with Gasteiger partial charge in [-0.3, -0.25) is 0 Å². The molecule has 3 nitrogen and oxygen atoms in total. The molecule has 1 aromatic rings. The number of hydrogen-bond donors (Lipinski definition) is 1. The maximum atomic E-state index is 5.61. The van der Waals surface area contributed by atoms with Gasteiger partial charge in [0, 0.05) is 6.54 Å². The molecule has 1 aliphatic rings. The van der Waals surface area contributed by atoms with Gasteiger partial charge in [-0.25, -0.2) is 0 Å². The van der Waals surface area contributed by atoms with Crippen LogP contribution in [-0.2, 0) is 17.6 Å². The first-order valence-corrected chi connectivity index (χ1v) is 6.93. The standard InChI is InChI=1S/C15H23NO2/c1-2-16-8-11-17-10-7-13-5-6-15-14(12-13)4-3-9-18-15/h5-6,12,16H,2-4,7-11H2,1H3. The highest BCUT2D eigenvalue weighted by Gasteiger charge is 2.10. The van der Waals surface area contributed by atoms with E-state index in [2.05, 4.69) is 30.4 Å². The first-order valence-electron chi connectivity index (χ1n) is 6.93. The number of nitrogens with one attached hydrogen (secondary N) is 1. The Bertz CT molecular complexity index is 366. The minimum atomic E-state index is 0.794. The smallest absolute Gasteiger partial charge is 0.122 e. The van der Waals surface area contributed by atoms with Crippen molar-refractivity contribution in [3.05, 3.63) is 29.3 Å². The van der Waals surface area contributed by atoms with Gasteiger partial charge in [0.05, 0.1) is 19.8 Å². The molecular weight excluding hydrogens is 226 g/mol. The van der Waals surface area contributed by atoms with Crippen molar-refractivity contribution in [3.8, 4) is 5.75 Å². The molecule has 3 heteroatoms. The number of aryl methyl sites for hydroxylation is 1. The summed E-state index contributed by atoms with van der Waals surface area (Å²) in [6.07, 6.45) is 3.26. The first kappa shape index (κ1) is 13.4. The molecule has 0 amide bonds. The van der Waals surface area contributed by atoms with Crippen LogP contribution < -0.4 is 10.1 Å². The minimum Gasteiger partial charge on any atom is -0.493 e. The fraction of sp³-hybridized carbons (Fsp3) is 0.600. The number of benzene rings is 1. The second-order valence-corrected chi connectivity index (χ2v) is 4.61. The molecule has 0 atom stereocenters. The van der Waals surface area contributed by atoms with Gasteiger partial charge in [-0.2, -0.15) is 0 Å². The zero-order chi connectivity index (χ0) is 12.6. The summed E-state index contributed by atoms with van der Waals surface area (Å²) in [6, 6.07) is 6.52. The van der Waals surface area contributed by atoms with Crippen LogP contribution in [0.2, 0.25) is 0 Å². The Labute approximate surface area is 109 Å². The lowest BCUT2D eigenvalue weighted by atomic mass is 10.0. The number of ether oxygens (including phenoxy) is 2. The van der Waals surface area contributed by atoms with Gasteiger partial charge in [-0.1, -0.05) is 19.1 Å². The molecule has 0 unspecified atom stereocenters. The van der Waals surface area contributed by atoms with Crippen molar-refractivity contribution < 1.29 is 9.47 Å². The summed E-state index contributed by atoms with van der Waals surface area (Å²) in [7, 11) is 0. The highest BCUT2D eigenvalue weighted by Crippen LogP contribution is 2.25. The van der Waals surface area contributed by atoms with Gasteiger partial charge in [0.1, 0.15) is 5.75 Å². The summed E-state index contributed by atoms with van der Waals surface area (Å²) in [5.41, 5.74) is 2.70. The summed E-state index contributed by atoms with van der Waals surface area (Å²) in [5.74, 6) is 1.07. The van der Waals surface area contributed by atoms with Gasteiger partial charge < -0.3 is 14.8 Å². The Morgan fingerprint density at radius 1 is 1.33 bits per heavy atom. The van der Waals surface area contributed by atoms with Crippen molar-refractivity contribution >= 4 is 0 Å². The molecule has 1 heterocycles. The summed E-state index contributed by atoms with van der Waals surface area (Å²) < 4.78 is 11.2. The molecule has 1 N–H and O–H groups in total. The number of rotatable bonds is 7. The molecule has 0 radical (unpaired) electrons. The highest BCUT2D eigenvalue weighted by molar-refractivity contribution is 5.38. The van der Waals surface area contributed by atoms with Crippen LogP contribution in [0, 0.1) is 0 Å². The lowest BCUT2D eigenvalue weighted by Gasteiger charge is -2.17. The number of fused-ring (bicyclic) bond motifs is 1. The van der Waals surface area contributed by atoms with Gasteiger partial charge in [-0.05, 0) is 43.0 Å². The van der Waals surface area contributed by atoms with E-state index in [9.17, 15) is 0 Å². The van der Waals surface area contributed by atoms with Crippen LogP contribution >= 0.6 is 0 Å². The van der Waals surface area contributed by atoms with E-state index >= 15 is 0 Å². The van der Waals surface area contributed by atoms with Crippen LogP contribution in [-0.4, -0.2) is 32.9 Å². The zero-order valence-electron chi connectivity index (χ0n) is 11.2. The Morgan fingerprint density at radius 2 is 2.28 bits per heavy atom. The van der Waals surface area contributed by atoms with Crippen molar-refractivity contribution in [3.63, 3.8) is 0 Å². The summed E-state index contributed by atoms with van der Waals surface area (Å²) in [6.45, 7) is 6.50. The molecule has 0 saturated carbocycles. The quantitative estimate of drug-likeness (QED) is 0.751. The zero-order valence-corrected chi connectivity index (χ0v) is 11.2. The summed E-state index contributed by atoms with van der Waals surface area (Å²) >= 11 is 0. The summed E-state index contributed by atoms with van der Waals surface area (Å²) in [5, 5.41) is 3.25. The van der Waals surface area contributed by atoms with Gasteiger partial charge in [0.15, 0.2) is 0 Å². The largest absolute Gasteiger partial charge is 0.493 e. The number of hydrogen-bond acceptors (Lipinski definition) is 3. The third-order valence-electron chi connectivity index (χ3n) is 3.18. The maximum Gasteiger partial charge on any atom is 0.122 e. The molecule has 1 aliphatic heterocycles. The average Bonchev–Trinajstić information content (AvgIpc) is 2.42. The van der Waals surface area contributed by atoms with E-state index in [1.807, 2.05) is 0 Å². The molecule has 0 aromatic heterocycles. The first-order chi connectivity index (χ1) is 8.90. The molecule has 0 spiro atoms. The highest BCUT2D eigenvalue weighted by atomic mass is 16.5. The average molecular weight is 249 g/mol. The lowest BCUT2D eigenvalue weighted by Crippen LogP contribution is -2.19. The summed E-state index contributed by atoms with van der Waals surface area (Å²) in [4.78, 5) is 0. The van der Waals surface area contributed by atoms with Crippen LogP contribution in [0.3, 0.4) is 0 Å². The minimum absolute atomic E-state index is 0.794. The van der Waals surface area contributed by atoms with Crippen molar-refractivity contribution in [2.45, 2.75) is 26.2 Å². The van der Waals surface area contributed by atoms with Crippen molar-refractivity contribution in [1.82, 2.24) is 5.32 Å². The molecule has 2 rings (SSSR count). The second-order valence-electron chi connectivity index (χ2n) is 4.61. The van der Waals surface area contributed by atoms with Crippen LogP contribution in [0.25, 0.3) is 0 Å². The molecule has 1 aromatic carbocycles. The van der Waals surface area contributed by atoms with Gasteiger partial charge in [0.25, 0.3) is 0 Å². The Balaban J connectivity index is 1.72. The molecule has 0 saturated heterocycles. The predicted molar refractivity (Wildman–Crippen MR) is 73.3 cm³/mol. The maximum absolute atomic E-state index is 5.61. The molecule has 0 aliphatic carbocycles. The van der Waals surface area contributed by atoms with E-state index in [1.54, 1.807) is 0 Å². The molecule has 0 bridgehead atoms. The second kappa shape index (κ2) is 7.39. The van der Waals surface area contributed by atoms with Gasteiger partial charge >= 0.3 is 0 Å². The van der Waals surface area contributed by atoms with Gasteiger partial charge in [-0.15, -0.1) is 0 Å². The monoisotopic (exact) mass is 249 g/mol. The van der Waals surface area contributed by atoms with Crippen LogP contribution in [0.1, 0.15) is 24.5 Å². The lowest BCUT2D eigenvalue weighted by molar-refractivity contribution is 0.139. The van der Waals surface area contributed by atoms with Crippen molar-refractivity contribution in [2.75, 3.05) is 32.9 Å². The molecule has 18 heavy (non-hydrogen) atoms.